The van der Waals surface area contributed by atoms with Gasteiger partial charge in [-0.1, -0.05) is 6.07 Å². The number of carboxylic acids is 1. The van der Waals surface area contributed by atoms with Crippen LogP contribution in [0.25, 0.3) is 0 Å². The third-order valence-electron chi connectivity index (χ3n) is 4.52. The van der Waals surface area contributed by atoms with Gasteiger partial charge in [0.1, 0.15) is 5.82 Å². The smallest absolute Gasteiger partial charge is 0.303 e. The number of piperidine rings is 1. The molecule has 0 radical (unpaired) electrons. The van der Waals surface area contributed by atoms with Crippen molar-refractivity contribution >= 4 is 23.4 Å². The number of carbonyl (C=O) groups is 2. The maximum Gasteiger partial charge on any atom is 0.303 e. The summed E-state index contributed by atoms with van der Waals surface area (Å²) in [6.07, 6.45) is 8.23. The van der Waals surface area contributed by atoms with Gasteiger partial charge in [-0.05, 0) is 43.9 Å². The Morgan fingerprint density at radius 2 is 2.15 bits per heavy atom. The second kappa shape index (κ2) is 8.42. The fraction of sp³-hybridized carbons (Fsp3) is 0.368. The minimum absolute atomic E-state index is 0.0102. The van der Waals surface area contributed by atoms with E-state index in [1.807, 2.05) is 17.0 Å². The van der Waals surface area contributed by atoms with Crippen LogP contribution in [0.2, 0.25) is 0 Å². The Hall–Kier alpha value is -2.96. The Morgan fingerprint density at radius 3 is 2.92 bits per heavy atom. The molecular formula is C19H22N4O3. The first-order valence-electron chi connectivity index (χ1n) is 8.79. The minimum atomic E-state index is -0.821. The minimum Gasteiger partial charge on any atom is -0.481 e. The van der Waals surface area contributed by atoms with Crippen molar-refractivity contribution in [3.05, 3.63) is 48.4 Å². The molecule has 0 aliphatic carbocycles. The molecule has 2 N–H and O–H groups in total. The number of nitrogens with zero attached hydrogens (tertiary/aromatic N) is 3. The van der Waals surface area contributed by atoms with E-state index in [9.17, 15) is 9.59 Å². The average Bonchev–Trinajstić information content (AvgIpc) is 2.67. The number of hydrogen-bond donors (Lipinski definition) is 2. The lowest BCUT2D eigenvalue weighted by molar-refractivity contribution is -0.137. The molecule has 1 aliphatic heterocycles. The van der Waals surface area contributed by atoms with E-state index >= 15 is 0 Å². The van der Waals surface area contributed by atoms with Crippen molar-refractivity contribution in [1.82, 2.24) is 14.9 Å². The number of aromatic nitrogens is 2. The molecule has 26 heavy (non-hydrogen) atoms. The topological polar surface area (TPSA) is 95.4 Å². The second-order valence-electron chi connectivity index (χ2n) is 6.38. The summed E-state index contributed by atoms with van der Waals surface area (Å²) in [5.74, 6) is -0.268. The van der Waals surface area contributed by atoms with Gasteiger partial charge in [0.15, 0.2) is 0 Å². The lowest BCUT2D eigenvalue weighted by atomic mass is 9.97. The Bertz CT molecular complexity index is 766. The molecule has 1 aromatic heterocycles. The maximum absolute atomic E-state index is 13.0. The number of likely N-dealkylation sites (tertiary alicyclic amines) is 1. The molecule has 1 aliphatic rings. The van der Waals surface area contributed by atoms with E-state index in [1.165, 1.54) is 0 Å². The Labute approximate surface area is 152 Å². The van der Waals surface area contributed by atoms with Crippen molar-refractivity contribution in [2.75, 3.05) is 11.9 Å². The van der Waals surface area contributed by atoms with Crippen LogP contribution in [0.5, 0.6) is 0 Å². The zero-order valence-electron chi connectivity index (χ0n) is 14.5. The first-order chi connectivity index (χ1) is 12.6. The summed E-state index contributed by atoms with van der Waals surface area (Å²) >= 11 is 0. The van der Waals surface area contributed by atoms with Gasteiger partial charge in [0.2, 0.25) is 0 Å². The van der Waals surface area contributed by atoms with E-state index in [-0.39, 0.29) is 18.4 Å². The zero-order valence-corrected chi connectivity index (χ0v) is 14.5. The number of hydrogen-bond acceptors (Lipinski definition) is 5. The number of aliphatic carboxylic acids is 1. The summed E-state index contributed by atoms with van der Waals surface area (Å²) in [6.45, 7) is 0.672. The van der Waals surface area contributed by atoms with E-state index in [4.69, 9.17) is 5.11 Å². The molecule has 1 fully saturated rings. The predicted molar refractivity (Wildman–Crippen MR) is 97.3 cm³/mol. The van der Waals surface area contributed by atoms with Crippen molar-refractivity contribution in [2.45, 2.75) is 38.1 Å². The molecular weight excluding hydrogens is 332 g/mol. The largest absolute Gasteiger partial charge is 0.481 e. The summed E-state index contributed by atoms with van der Waals surface area (Å²) in [7, 11) is 0. The highest BCUT2D eigenvalue weighted by Gasteiger charge is 2.27. The van der Waals surface area contributed by atoms with Crippen LogP contribution >= 0.6 is 0 Å². The van der Waals surface area contributed by atoms with Gasteiger partial charge < -0.3 is 15.3 Å². The van der Waals surface area contributed by atoms with Crippen LogP contribution in [-0.4, -0.2) is 44.4 Å². The predicted octanol–water partition coefficient (Wildman–Crippen LogP) is 3.08. The quantitative estimate of drug-likeness (QED) is 0.828. The van der Waals surface area contributed by atoms with Crippen LogP contribution in [0.3, 0.4) is 0 Å². The Kier molecular flexibility index (Phi) is 5.78. The molecule has 7 heteroatoms. The number of nitrogens with one attached hydrogen (secondary N) is 1. The van der Waals surface area contributed by atoms with Gasteiger partial charge in [0.25, 0.3) is 5.91 Å². The zero-order chi connectivity index (χ0) is 18.4. The lowest BCUT2D eigenvalue weighted by Gasteiger charge is -2.35. The highest BCUT2D eigenvalue weighted by atomic mass is 16.4. The van der Waals surface area contributed by atoms with Gasteiger partial charge in [0, 0.05) is 42.7 Å². The van der Waals surface area contributed by atoms with Gasteiger partial charge in [-0.2, -0.15) is 0 Å². The van der Waals surface area contributed by atoms with Gasteiger partial charge in [-0.25, -0.2) is 4.98 Å². The molecule has 1 atom stereocenters. The van der Waals surface area contributed by atoms with Crippen molar-refractivity contribution in [3.63, 3.8) is 0 Å². The van der Waals surface area contributed by atoms with Crippen LogP contribution in [-0.2, 0) is 4.79 Å². The second-order valence-corrected chi connectivity index (χ2v) is 6.38. The molecule has 0 unspecified atom stereocenters. The molecule has 2 heterocycles. The molecule has 0 spiro atoms. The van der Waals surface area contributed by atoms with Gasteiger partial charge in [0.05, 0.1) is 6.20 Å². The van der Waals surface area contributed by atoms with E-state index in [0.717, 1.165) is 24.9 Å². The van der Waals surface area contributed by atoms with Crippen LogP contribution in [0.15, 0.2) is 42.9 Å². The number of carbonyl (C=O) groups excluding carboxylic acids is 1. The van der Waals surface area contributed by atoms with Crippen molar-refractivity contribution < 1.29 is 14.7 Å². The number of amides is 1. The molecule has 1 amide bonds. The SMILES string of the molecule is O=C(O)CC[C@@H]1CCCCN1C(=O)c1cccc(Nc2cnccn2)c1. The fourth-order valence-electron chi connectivity index (χ4n) is 3.27. The van der Waals surface area contributed by atoms with Crippen molar-refractivity contribution in [2.24, 2.45) is 0 Å². The number of anilines is 2. The van der Waals surface area contributed by atoms with Crippen LogP contribution in [0.4, 0.5) is 11.5 Å². The third-order valence-corrected chi connectivity index (χ3v) is 4.52. The fourth-order valence-corrected chi connectivity index (χ4v) is 3.27. The van der Waals surface area contributed by atoms with Gasteiger partial charge in [-0.15, -0.1) is 0 Å². The first-order valence-corrected chi connectivity index (χ1v) is 8.79. The third kappa shape index (κ3) is 4.56. The van der Waals surface area contributed by atoms with Crippen molar-refractivity contribution in [1.29, 1.82) is 0 Å². The number of rotatable bonds is 6. The summed E-state index contributed by atoms with van der Waals surface area (Å²) < 4.78 is 0. The normalized spacial score (nSPS) is 16.9. The average molecular weight is 354 g/mol. The summed E-state index contributed by atoms with van der Waals surface area (Å²) in [5.41, 5.74) is 1.34. The monoisotopic (exact) mass is 354 g/mol. The Morgan fingerprint density at radius 1 is 1.27 bits per heavy atom. The molecule has 1 saturated heterocycles. The molecule has 2 aromatic rings. The molecule has 0 saturated carbocycles. The van der Waals surface area contributed by atoms with E-state index in [0.29, 0.717) is 24.3 Å². The number of benzene rings is 1. The Balaban J connectivity index is 1.73. The summed E-state index contributed by atoms with van der Waals surface area (Å²) in [4.78, 5) is 33.9. The van der Waals surface area contributed by atoms with Crippen molar-refractivity contribution in [3.8, 4) is 0 Å². The summed E-state index contributed by atoms with van der Waals surface area (Å²) in [5, 5.41) is 12.1. The van der Waals surface area contributed by atoms with Crippen LogP contribution in [0, 0.1) is 0 Å². The van der Waals surface area contributed by atoms with E-state index in [2.05, 4.69) is 15.3 Å². The molecule has 3 rings (SSSR count). The standard InChI is InChI=1S/C19H22N4O3/c24-18(25)8-7-16-6-1-2-11-23(16)19(26)14-4-3-5-15(12-14)22-17-13-20-9-10-21-17/h3-5,9-10,12-13,16H,1-2,6-8,11H2,(H,21,22)(H,24,25)/t16-/m0/s1. The first kappa shape index (κ1) is 17.8. The molecule has 0 bridgehead atoms. The van der Waals surface area contributed by atoms with Crippen LogP contribution < -0.4 is 5.32 Å². The molecule has 136 valence electrons. The van der Waals surface area contributed by atoms with E-state index in [1.54, 1.807) is 30.7 Å². The summed E-state index contributed by atoms with van der Waals surface area (Å²) in [6, 6.07) is 7.25. The highest BCUT2D eigenvalue weighted by molar-refractivity contribution is 5.95. The highest BCUT2D eigenvalue weighted by Crippen LogP contribution is 2.24. The molecule has 1 aromatic carbocycles. The van der Waals surface area contributed by atoms with Crippen LogP contribution in [0.1, 0.15) is 42.5 Å². The molecule has 7 nitrogen and oxygen atoms in total. The maximum atomic E-state index is 13.0. The lowest BCUT2D eigenvalue weighted by Crippen LogP contribution is -2.44. The van der Waals surface area contributed by atoms with Gasteiger partial charge >= 0.3 is 5.97 Å². The number of carboxylic acid groups (broad SMARTS) is 1. The van der Waals surface area contributed by atoms with Gasteiger partial charge in [-0.3, -0.25) is 14.6 Å². The van der Waals surface area contributed by atoms with E-state index < -0.39 is 5.97 Å².